The highest BCUT2D eigenvalue weighted by molar-refractivity contribution is 7.99. The van der Waals surface area contributed by atoms with Gasteiger partial charge in [0.15, 0.2) is 6.61 Å². The van der Waals surface area contributed by atoms with Crippen molar-refractivity contribution in [2.75, 3.05) is 24.2 Å². The quantitative estimate of drug-likeness (QED) is 0.313. The second kappa shape index (κ2) is 12.3. The van der Waals surface area contributed by atoms with Gasteiger partial charge in [-0.05, 0) is 45.7 Å². The monoisotopic (exact) mass is 566 g/mol. The molecule has 0 radical (unpaired) electrons. The van der Waals surface area contributed by atoms with Gasteiger partial charge in [-0.15, -0.1) is 5.10 Å². The average Bonchev–Trinajstić information content (AvgIpc) is 3.29. The number of amides is 2. The molecular formula is C23H24Cl2N6O5S. The van der Waals surface area contributed by atoms with Gasteiger partial charge in [0.2, 0.25) is 11.1 Å². The molecule has 0 aliphatic carbocycles. The largest absolute Gasteiger partial charge is 0.484 e. The van der Waals surface area contributed by atoms with Crippen molar-refractivity contribution >= 4 is 58.4 Å². The average molecular weight is 567 g/mol. The van der Waals surface area contributed by atoms with Crippen LogP contribution in [0.1, 0.15) is 26.3 Å². The summed E-state index contributed by atoms with van der Waals surface area (Å²) >= 11 is 13.8. The lowest BCUT2D eigenvalue weighted by atomic mass is 9.87. The Labute approximate surface area is 226 Å². The minimum absolute atomic E-state index is 0.00358. The summed E-state index contributed by atoms with van der Waals surface area (Å²) < 4.78 is 6.76. The minimum Gasteiger partial charge on any atom is -0.484 e. The molecule has 3 aromatic rings. The first kappa shape index (κ1) is 28.2. The van der Waals surface area contributed by atoms with E-state index in [1.807, 2.05) is 18.2 Å². The molecule has 1 heterocycles. The van der Waals surface area contributed by atoms with Crippen molar-refractivity contribution in [2.24, 2.45) is 0 Å². The molecule has 0 saturated carbocycles. The van der Waals surface area contributed by atoms with Crippen LogP contribution in [0.5, 0.6) is 5.75 Å². The number of carbonyl (C=O) groups is 3. The summed E-state index contributed by atoms with van der Waals surface area (Å²) in [4.78, 5) is 34.6. The second-order valence-corrected chi connectivity index (χ2v) is 10.5. The maximum Gasteiger partial charge on any atom is 0.322 e. The number of benzene rings is 2. The Balaban J connectivity index is 1.57. The third kappa shape index (κ3) is 8.07. The number of anilines is 1. The SMILES string of the molecule is CC(C)(C)c1ccc(-n2nnnc2SCC(=O)Nc2ccc(OCC(=O)NCC(=O)O)cc2Cl)c(Cl)c1. The first-order valence-electron chi connectivity index (χ1n) is 10.9. The number of hydrogen-bond acceptors (Lipinski definition) is 8. The Kier molecular flexibility index (Phi) is 9.35. The van der Waals surface area contributed by atoms with Gasteiger partial charge in [-0.25, -0.2) is 0 Å². The van der Waals surface area contributed by atoms with E-state index in [-0.39, 0.29) is 34.5 Å². The fraction of sp³-hybridized carbons (Fsp3) is 0.304. The van der Waals surface area contributed by atoms with Gasteiger partial charge in [0.25, 0.3) is 5.91 Å². The minimum atomic E-state index is -1.16. The highest BCUT2D eigenvalue weighted by atomic mass is 35.5. The van der Waals surface area contributed by atoms with E-state index in [0.29, 0.717) is 21.6 Å². The molecule has 196 valence electrons. The summed E-state index contributed by atoms with van der Waals surface area (Å²) in [5.74, 6) is -1.84. The fourth-order valence-corrected chi connectivity index (χ4v) is 4.10. The molecule has 1 aromatic heterocycles. The van der Waals surface area contributed by atoms with Gasteiger partial charge in [-0.2, -0.15) is 4.68 Å². The molecule has 2 aromatic carbocycles. The van der Waals surface area contributed by atoms with Crippen LogP contribution in [0.2, 0.25) is 10.0 Å². The topological polar surface area (TPSA) is 148 Å². The van der Waals surface area contributed by atoms with E-state index in [9.17, 15) is 14.4 Å². The van der Waals surface area contributed by atoms with Crippen LogP contribution < -0.4 is 15.4 Å². The zero-order valence-electron chi connectivity index (χ0n) is 20.1. The van der Waals surface area contributed by atoms with Crippen molar-refractivity contribution in [3.63, 3.8) is 0 Å². The van der Waals surface area contributed by atoms with E-state index >= 15 is 0 Å². The normalized spacial score (nSPS) is 11.2. The highest BCUT2D eigenvalue weighted by Gasteiger charge is 2.19. The standard InChI is InChI=1S/C23H24Cl2N6O5S/c1-23(2,3)13-4-7-18(16(25)8-13)31-22(28-29-30-31)37-12-20(33)27-17-6-5-14(9-15(17)24)36-11-19(32)26-10-21(34)35/h4-9H,10-12H2,1-3H3,(H,26,32)(H,27,33)(H,34,35). The molecule has 37 heavy (non-hydrogen) atoms. The van der Waals surface area contributed by atoms with Crippen molar-refractivity contribution in [1.82, 2.24) is 25.5 Å². The van der Waals surface area contributed by atoms with E-state index in [1.165, 1.54) is 22.9 Å². The Bertz CT molecular complexity index is 1310. The number of hydrogen-bond donors (Lipinski definition) is 3. The highest BCUT2D eigenvalue weighted by Crippen LogP contribution is 2.31. The number of rotatable bonds is 10. The predicted octanol–water partition coefficient (Wildman–Crippen LogP) is 3.58. The number of ether oxygens (including phenoxy) is 1. The summed E-state index contributed by atoms with van der Waals surface area (Å²) in [6, 6.07) is 10.1. The van der Waals surface area contributed by atoms with Crippen molar-refractivity contribution < 1.29 is 24.2 Å². The molecule has 0 spiro atoms. The first-order chi connectivity index (χ1) is 17.4. The maximum absolute atomic E-state index is 12.5. The molecule has 0 aliphatic rings. The van der Waals surface area contributed by atoms with E-state index in [1.54, 1.807) is 0 Å². The van der Waals surface area contributed by atoms with Gasteiger partial charge < -0.3 is 20.5 Å². The maximum atomic E-state index is 12.5. The molecule has 0 fully saturated rings. The van der Waals surface area contributed by atoms with Crippen molar-refractivity contribution in [1.29, 1.82) is 0 Å². The van der Waals surface area contributed by atoms with E-state index in [0.717, 1.165) is 17.3 Å². The number of tetrazole rings is 1. The lowest BCUT2D eigenvalue weighted by Crippen LogP contribution is -2.33. The fourth-order valence-electron chi connectivity index (χ4n) is 2.94. The number of nitrogens with one attached hydrogen (secondary N) is 2. The molecule has 0 bridgehead atoms. The van der Waals surface area contributed by atoms with Gasteiger partial charge in [0, 0.05) is 6.07 Å². The van der Waals surface area contributed by atoms with Gasteiger partial charge in [0.1, 0.15) is 12.3 Å². The van der Waals surface area contributed by atoms with Crippen molar-refractivity contribution in [3.8, 4) is 11.4 Å². The molecule has 2 amide bonds. The smallest absolute Gasteiger partial charge is 0.322 e. The Morgan fingerprint density at radius 2 is 1.84 bits per heavy atom. The summed E-state index contributed by atoms with van der Waals surface area (Å²) in [6.45, 7) is 5.38. The number of aromatic nitrogens is 4. The Morgan fingerprint density at radius 3 is 2.49 bits per heavy atom. The molecule has 3 rings (SSSR count). The van der Waals surface area contributed by atoms with Crippen molar-refractivity contribution in [3.05, 3.63) is 52.0 Å². The van der Waals surface area contributed by atoms with Crippen LogP contribution in [-0.2, 0) is 19.8 Å². The summed E-state index contributed by atoms with van der Waals surface area (Å²) in [5, 5.41) is 26.2. The first-order valence-corrected chi connectivity index (χ1v) is 12.6. The summed E-state index contributed by atoms with van der Waals surface area (Å²) in [5.41, 5.74) is 1.94. The molecule has 11 nitrogen and oxygen atoms in total. The van der Waals surface area contributed by atoms with Gasteiger partial charge in [-0.1, -0.05) is 61.8 Å². The number of thioether (sulfide) groups is 1. The second-order valence-electron chi connectivity index (χ2n) is 8.73. The van der Waals surface area contributed by atoms with Crippen LogP contribution in [0.3, 0.4) is 0 Å². The third-order valence-electron chi connectivity index (χ3n) is 4.84. The molecular weight excluding hydrogens is 543 g/mol. The number of halogens is 2. The molecule has 0 unspecified atom stereocenters. The molecule has 3 N–H and O–H groups in total. The van der Waals surface area contributed by atoms with Gasteiger partial charge >= 0.3 is 5.97 Å². The van der Waals surface area contributed by atoms with Crippen molar-refractivity contribution in [2.45, 2.75) is 31.3 Å². The number of aliphatic carboxylic acids is 1. The zero-order chi connectivity index (χ0) is 27.2. The summed E-state index contributed by atoms with van der Waals surface area (Å²) in [7, 11) is 0. The van der Waals surface area contributed by atoms with Crippen LogP contribution in [0.15, 0.2) is 41.6 Å². The summed E-state index contributed by atoms with van der Waals surface area (Å²) in [6.07, 6.45) is 0. The lowest BCUT2D eigenvalue weighted by molar-refractivity contribution is -0.138. The Morgan fingerprint density at radius 1 is 1.08 bits per heavy atom. The molecule has 14 heteroatoms. The van der Waals surface area contributed by atoms with E-state index < -0.39 is 18.4 Å². The number of nitrogens with zero attached hydrogens (tertiary/aromatic N) is 4. The van der Waals surface area contributed by atoms with Gasteiger partial charge in [0.05, 0.1) is 27.2 Å². The van der Waals surface area contributed by atoms with Crippen LogP contribution in [0.25, 0.3) is 5.69 Å². The van der Waals surface area contributed by atoms with E-state index in [4.69, 9.17) is 33.0 Å². The van der Waals surface area contributed by atoms with Crippen LogP contribution in [0.4, 0.5) is 5.69 Å². The zero-order valence-corrected chi connectivity index (χ0v) is 22.4. The number of carboxylic acid groups (broad SMARTS) is 1. The van der Waals surface area contributed by atoms with Crippen LogP contribution in [0, 0.1) is 0 Å². The Hall–Kier alpha value is -3.35. The number of carbonyl (C=O) groups excluding carboxylic acids is 2. The molecule has 0 aliphatic heterocycles. The predicted molar refractivity (Wildman–Crippen MR) is 140 cm³/mol. The molecule has 0 saturated heterocycles. The van der Waals surface area contributed by atoms with Gasteiger partial charge in [-0.3, -0.25) is 14.4 Å². The van der Waals surface area contributed by atoms with Crippen LogP contribution in [-0.4, -0.2) is 62.0 Å². The van der Waals surface area contributed by atoms with E-state index in [2.05, 4.69) is 46.9 Å². The van der Waals surface area contributed by atoms with Crippen LogP contribution >= 0.6 is 35.0 Å². The third-order valence-corrected chi connectivity index (χ3v) is 6.37. The lowest BCUT2D eigenvalue weighted by Gasteiger charge is -2.20. The molecule has 0 atom stereocenters. The number of carboxylic acids is 1.